The van der Waals surface area contributed by atoms with E-state index in [1.165, 1.54) is 0 Å². The molecule has 0 aromatic carbocycles. The molecule has 1 aliphatic rings. The van der Waals surface area contributed by atoms with E-state index in [-0.39, 0.29) is 51.1 Å². The van der Waals surface area contributed by atoms with Crippen molar-refractivity contribution in [2.24, 2.45) is 0 Å². The van der Waals surface area contributed by atoms with Gasteiger partial charge in [0.05, 0.1) is 62.5 Å². The van der Waals surface area contributed by atoms with Crippen molar-refractivity contribution in [2.75, 3.05) is 110 Å². The molecule has 4 rings (SSSR count). The molecule has 374 valence electrons. The Morgan fingerprint density at radius 3 is 1.63 bits per heavy atom. The highest BCUT2D eigenvalue weighted by molar-refractivity contribution is 5.90. The number of carboxylic acids is 3. The molecule has 3 amide bonds. The zero-order valence-electron chi connectivity index (χ0n) is 39.6. The van der Waals surface area contributed by atoms with E-state index in [4.69, 9.17) is 9.47 Å². The number of rotatable bonds is 24. The lowest BCUT2D eigenvalue weighted by Gasteiger charge is -2.33. The normalized spacial score (nSPS) is 14.8. The third-order valence-corrected chi connectivity index (χ3v) is 10.1. The van der Waals surface area contributed by atoms with Crippen LogP contribution in [0.3, 0.4) is 0 Å². The molecule has 24 heteroatoms. The quantitative estimate of drug-likeness (QED) is 0.0524. The van der Waals surface area contributed by atoms with Gasteiger partial charge in [0.15, 0.2) is 0 Å². The molecule has 4 heterocycles. The first-order valence-electron chi connectivity index (χ1n) is 22.4. The molecule has 0 bridgehead atoms. The van der Waals surface area contributed by atoms with Gasteiger partial charge in [0.1, 0.15) is 11.4 Å². The molecule has 3 aromatic heterocycles. The zero-order chi connectivity index (χ0) is 50.0. The number of nitrogens with zero attached hydrogens (tertiary/aromatic N) is 10. The third-order valence-electron chi connectivity index (χ3n) is 10.1. The number of hydrogen-bond donors (Lipinski definition) is 6. The molecule has 24 nitrogen and oxygen atoms in total. The Morgan fingerprint density at radius 1 is 0.676 bits per heavy atom. The number of aromatic nitrogens is 6. The summed E-state index contributed by atoms with van der Waals surface area (Å²) in [4.78, 5) is 84.6. The first kappa shape index (κ1) is 56.1. The predicted molar refractivity (Wildman–Crippen MR) is 248 cm³/mol. The maximum absolute atomic E-state index is 13.0. The van der Waals surface area contributed by atoms with Crippen LogP contribution in [0.1, 0.15) is 53.9 Å². The fourth-order valence-corrected chi connectivity index (χ4v) is 6.35. The Balaban J connectivity index is 0.000000411. The van der Waals surface area contributed by atoms with Crippen LogP contribution in [0, 0.1) is 0 Å². The maximum atomic E-state index is 13.0. The zero-order valence-corrected chi connectivity index (χ0v) is 39.6. The summed E-state index contributed by atoms with van der Waals surface area (Å²) in [5.41, 5.74) is 0.444. The molecule has 0 unspecified atom stereocenters. The molecular formula is C44H67N13O11. The van der Waals surface area contributed by atoms with Crippen LogP contribution in [0.2, 0.25) is 0 Å². The second-order valence-electron chi connectivity index (χ2n) is 17.1. The Morgan fingerprint density at radius 2 is 1.19 bits per heavy atom. The highest BCUT2D eigenvalue weighted by Crippen LogP contribution is 2.17. The average molecular weight is 954 g/mol. The molecule has 0 radical (unpaired) electrons. The van der Waals surface area contributed by atoms with Crippen molar-refractivity contribution in [1.82, 2.24) is 60.6 Å². The van der Waals surface area contributed by atoms with Crippen molar-refractivity contribution >= 4 is 41.8 Å². The van der Waals surface area contributed by atoms with Crippen LogP contribution in [0.4, 0.5) is 5.69 Å². The fourth-order valence-electron chi connectivity index (χ4n) is 6.35. The number of nitrogens with one attached hydrogen (secondary N) is 3. The lowest BCUT2D eigenvalue weighted by Crippen LogP contribution is -2.50. The van der Waals surface area contributed by atoms with Gasteiger partial charge >= 0.3 is 17.9 Å². The van der Waals surface area contributed by atoms with Crippen molar-refractivity contribution in [2.45, 2.75) is 65.1 Å². The van der Waals surface area contributed by atoms with E-state index < -0.39 is 29.1 Å². The van der Waals surface area contributed by atoms with Gasteiger partial charge in [-0.1, -0.05) is 19.4 Å². The number of carbonyl (C=O) groups is 6. The van der Waals surface area contributed by atoms with Gasteiger partial charge < -0.3 is 40.7 Å². The van der Waals surface area contributed by atoms with Gasteiger partial charge in [-0.15, -0.1) is 20.4 Å². The first-order valence-corrected chi connectivity index (χ1v) is 22.4. The van der Waals surface area contributed by atoms with Crippen LogP contribution < -0.4 is 16.0 Å². The van der Waals surface area contributed by atoms with E-state index in [1.807, 2.05) is 51.7 Å². The maximum Gasteiger partial charge on any atom is 0.317 e. The summed E-state index contributed by atoms with van der Waals surface area (Å²) in [5.74, 6) is -2.66. The smallest absolute Gasteiger partial charge is 0.317 e. The summed E-state index contributed by atoms with van der Waals surface area (Å²) in [6.45, 7) is 12.5. The monoisotopic (exact) mass is 954 g/mol. The van der Waals surface area contributed by atoms with E-state index in [1.54, 1.807) is 45.3 Å². The summed E-state index contributed by atoms with van der Waals surface area (Å²) < 4.78 is 11.8. The molecule has 0 aliphatic carbocycles. The molecule has 1 fully saturated rings. The lowest BCUT2D eigenvalue weighted by molar-refractivity contribution is -0.140. The Hall–Kier alpha value is -6.18. The van der Waals surface area contributed by atoms with Gasteiger partial charge in [0.2, 0.25) is 29.9 Å². The minimum atomic E-state index is -1.02. The molecule has 6 N–H and O–H groups in total. The fraction of sp³-hybridized carbons (Fsp3) is 0.591. The van der Waals surface area contributed by atoms with Gasteiger partial charge in [-0.05, 0) is 58.4 Å². The van der Waals surface area contributed by atoms with Crippen LogP contribution >= 0.6 is 0 Å². The summed E-state index contributed by atoms with van der Waals surface area (Å²) >= 11 is 0. The third kappa shape index (κ3) is 23.5. The number of pyridine rings is 2. The van der Waals surface area contributed by atoms with E-state index >= 15 is 0 Å². The summed E-state index contributed by atoms with van der Waals surface area (Å²) in [6, 6.07) is 8.91. The van der Waals surface area contributed by atoms with Crippen molar-refractivity contribution in [3.63, 3.8) is 0 Å². The molecule has 0 atom stereocenters. The van der Waals surface area contributed by atoms with E-state index in [0.717, 1.165) is 12.8 Å². The van der Waals surface area contributed by atoms with Crippen LogP contribution in [0.25, 0.3) is 23.0 Å². The Labute approximate surface area is 396 Å². The molecule has 0 spiro atoms. The number of amides is 3. The Bertz CT molecular complexity index is 1980. The van der Waals surface area contributed by atoms with E-state index in [0.29, 0.717) is 107 Å². The molecule has 1 saturated heterocycles. The molecule has 1 aliphatic heterocycles. The number of carboxylic acid groups (broad SMARTS) is 3. The van der Waals surface area contributed by atoms with Gasteiger partial charge in [-0.3, -0.25) is 58.3 Å². The van der Waals surface area contributed by atoms with Crippen molar-refractivity contribution in [3.05, 3.63) is 42.7 Å². The number of anilines is 1. The Kier molecular flexibility index (Phi) is 24.4. The highest BCUT2D eigenvalue weighted by atomic mass is 16.6. The van der Waals surface area contributed by atoms with E-state index in [9.17, 15) is 44.1 Å². The number of ether oxygens (including phenoxy) is 2. The van der Waals surface area contributed by atoms with Gasteiger partial charge in [-0.25, -0.2) is 0 Å². The SMILES string of the molecule is CC(C)(CNC(=O)CN1CCN(CC(=O)O)CCN(CC(=O)O)CCN(CC(=O)O)CC1)OCC(C)(C)OCCNC=O.CCCCC(=O)Nc1ccc(-c2nnc(-c3ccccn3)nn2)nc1. The van der Waals surface area contributed by atoms with Gasteiger partial charge in [0.25, 0.3) is 0 Å². The van der Waals surface area contributed by atoms with Crippen LogP contribution in [-0.4, -0.2) is 217 Å². The summed E-state index contributed by atoms with van der Waals surface area (Å²) in [7, 11) is 0. The molecule has 0 saturated carbocycles. The first-order chi connectivity index (χ1) is 32.4. The standard InChI is InChI=1S/C27H50N6O10.C17H17N7O/c1-26(2,43-20-27(3,4)42-14-5-28-21-34)19-29-22(35)15-30-6-8-31(16-23(36)37)10-12-33(18-25(40)41)13-11-32(9-7-30)17-24(38)39;1-2-3-7-15(25)20-12-8-9-14(19-11-12)17-23-21-16(22-24-17)13-6-4-5-10-18-13/h21H,5-20H2,1-4H3,(H,28,34)(H,29,35)(H,36,37)(H,38,39)(H,40,41);4-6,8-11H,2-3,7H2,1H3,(H,20,25). The summed E-state index contributed by atoms with van der Waals surface area (Å²) in [5, 5.41) is 52.4. The molecular weight excluding hydrogens is 887 g/mol. The van der Waals surface area contributed by atoms with Crippen molar-refractivity contribution in [1.29, 1.82) is 0 Å². The number of aliphatic carboxylic acids is 3. The largest absolute Gasteiger partial charge is 0.480 e. The van der Waals surface area contributed by atoms with Gasteiger partial charge in [0, 0.05) is 78.1 Å². The second-order valence-corrected chi connectivity index (χ2v) is 17.1. The highest BCUT2D eigenvalue weighted by Gasteiger charge is 2.27. The molecule has 68 heavy (non-hydrogen) atoms. The number of hydrogen-bond acceptors (Lipinski definition) is 18. The predicted octanol–water partition coefficient (Wildman–Crippen LogP) is 0.434. The average Bonchev–Trinajstić information content (AvgIpc) is 3.30. The minimum absolute atomic E-state index is 0.0153. The lowest BCUT2D eigenvalue weighted by atomic mass is 10.1. The summed E-state index contributed by atoms with van der Waals surface area (Å²) in [6.07, 6.45) is 6.18. The van der Waals surface area contributed by atoms with Crippen molar-refractivity contribution in [3.8, 4) is 23.0 Å². The van der Waals surface area contributed by atoms with Crippen LogP contribution in [0.5, 0.6) is 0 Å². The number of carbonyl (C=O) groups excluding carboxylic acids is 3. The number of unbranched alkanes of at least 4 members (excludes halogenated alkanes) is 1. The van der Waals surface area contributed by atoms with E-state index in [2.05, 4.69) is 46.3 Å². The van der Waals surface area contributed by atoms with Gasteiger partial charge in [-0.2, -0.15) is 0 Å². The minimum Gasteiger partial charge on any atom is -0.480 e. The van der Waals surface area contributed by atoms with Crippen LogP contribution in [-0.2, 0) is 38.2 Å². The topological polar surface area (TPSA) is 308 Å². The van der Waals surface area contributed by atoms with Crippen LogP contribution in [0.15, 0.2) is 42.7 Å². The van der Waals surface area contributed by atoms with Crippen molar-refractivity contribution < 1.29 is 53.6 Å². The second kappa shape index (κ2) is 29.6. The molecule has 3 aromatic rings.